The van der Waals surface area contributed by atoms with Crippen LogP contribution in [-0.2, 0) is 19.9 Å². The predicted octanol–water partition coefficient (Wildman–Crippen LogP) is 3.28. The lowest BCUT2D eigenvalue weighted by molar-refractivity contribution is 0.407. The van der Waals surface area contributed by atoms with Crippen LogP contribution in [0.15, 0.2) is 58.3 Å². The van der Waals surface area contributed by atoms with Crippen LogP contribution in [0.2, 0.25) is 5.02 Å². The van der Waals surface area contributed by atoms with E-state index in [1.54, 1.807) is 37.3 Å². The predicted molar refractivity (Wildman–Crippen MR) is 102 cm³/mol. The van der Waals surface area contributed by atoms with Crippen molar-refractivity contribution < 1.29 is 16.8 Å². The molecule has 0 radical (unpaired) electrons. The monoisotopic (exact) mass is 413 g/mol. The van der Waals surface area contributed by atoms with E-state index < -0.39 is 25.9 Å². The van der Waals surface area contributed by atoms with Crippen LogP contribution in [0.25, 0.3) is 0 Å². The second kappa shape index (κ2) is 7.31. The Labute approximate surface area is 159 Å². The number of nitrogens with zero attached hydrogens (tertiary/aromatic N) is 1. The van der Waals surface area contributed by atoms with E-state index in [-0.39, 0.29) is 15.5 Å². The summed E-state index contributed by atoms with van der Waals surface area (Å²) in [6.07, 6.45) is 1.15. The van der Waals surface area contributed by atoms with Crippen LogP contribution < -0.4 is 0 Å². The van der Waals surface area contributed by atoms with Crippen LogP contribution in [-0.4, -0.2) is 39.5 Å². The highest BCUT2D eigenvalue weighted by Crippen LogP contribution is 2.31. The molecule has 1 unspecified atom stereocenters. The largest absolute Gasteiger partial charge is 0.243 e. The van der Waals surface area contributed by atoms with E-state index in [1.807, 2.05) is 0 Å². The summed E-state index contributed by atoms with van der Waals surface area (Å²) >= 11 is 6.07. The zero-order valence-electron chi connectivity index (χ0n) is 14.3. The Kier molecular flexibility index (Phi) is 5.44. The van der Waals surface area contributed by atoms with Gasteiger partial charge < -0.3 is 0 Å². The summed E-state index contributed by atoms with van der Waals surface area (Å²) in [5.74, 6) is -0.226. The highest BCUT2D eigenvalue weighted by molar-refractivity contribution is 7.91. The van der Waals surface area contributed by atoms with Gasteiger partial charge in [0, 0.05) is 17.6 Å². The Hall–Kier alpha value is -1.41. The van der Waals surface area contributed by atoms with Crippen LogP contribution in [0.4, 0.5) is 0 Å². The van der Waals surface area contributed by atoms with Gasteiger partial charge in [-0.15, -0.1) is 0 Å². The van der Waals surface area contributed by atoms with Crippen LogP contribution in [0.1, 0.15) is 18.4 Å². The third-order valence-electron chi connectivity index (χ3n) is 4.64. The minimum absolute atomic E-state index is 0.133. The fraction of sp³-hybridized carbons (Fsp3) is 0.333. The normalized spacial score (nSPS) is 18.9. The molecule has 5 nitrogen and oxygen atoms in total. The molecule has 1 heterocycles. The maximum Gasteiger partial charge on any atom is 0.243 e. The maximum absolute atomic E-state index is 13.1. The first-order valence-electron chi connectivity index (χ1n) is 8.28. The van der Waals surface area contributed by atoms with Gasteiger partial charge in [-0.2, -0.15) is 4.31 Å². The van der Waals surface area contributed by atoms with Crippen molar-refractivity contribution in [2.45, 2.75) is 35.6 Å². The second-order valence-electron chi connectivity index (χ2n) is 6.37. The van der Waals surface area contributed by atoms with E-state index in [0.717, 1.165) is 0 Å². The van der Waals surface area contributed by atoms with Crippen molar-refractivity contribution in [3.8, 4) is 0 Å². The minimum Gasteiger partial charge on any atom is -0.224 e. The van der Waals surface area contributed by atoms with Gasteiger partial charge in [-0.25, -0.2) is 16.8 Å². The first-order chi connectivity index (χ1) is 12.2. The van der Waals surface area contributed by atoms with E-state index in [1.165, 1.54) is 22.5 Å². The number of rotatable bonds is 5. The van der Waals surface area contributed by atoms with Crippen molar-refractivity contribution in [3.05, 3.63) is 59.1 Å². The highest BCUT2D eigenvalue weighted by atomic mass is 35.5. The molecule has 2 aromatic rings. The zero-order valence-corrected chi connectivity index (χ0v) is 16.7. The Morgan fingerprint density at radius 1 is 1.04 bits per heavy atom. The van der Waals surface area contributed by atoms with Crippen LogP contribution in [0, 0.1) is 6.92 Å². The van der Waals surface area contributed by atoms with Crippen molar-refractivity contribution in [3.63, 3.8) is 0 Å². The fourth-order valence-corrected chi connectivity index (χ4v) is 7.15. The standard InChI is InChI=1S/C18H20ClNO4S2/c1-14-17(19)10-5-11-18(14)26(23,24)20-12-6-7-15(20)13-25(21,22)16-8-3-2-4-9-16/h2-5,8-11,15H,6-7,12-13H2,1H3. The summed E-state index contributed by atoms with van der Waals surface area (Å²) in [5.41, 5.74) is 0.478. The summed E-state index contributed by atoms with van der Waals surface area (Å²) in [7, 11) is -7.38. The number of halogens is 1. The number of hydrogen-bond donors (Lipinski definition) is 0. The third kappa shape index (κ3) is 3.67. The highest BCUT2D eigenvalue weighted by Gasteiger charge is 2.38. The van der Waals surface area contributed by atoms with Gasteiger partial charge in [0.2, 0.25) is 10.0 Å². The summed E-state index contributed by atoms with van der Waals surface area (Å²) in [6.45, 7) is 1.96. The molecule has 0 spiro atoms. The molecule has 0 bridgehead atoms. The smallest absolute Gasteiger partial charge is 0.224 e. The average Bonchev–Trinajstić information content (AvgIpc) is 3.06. The Bertz CT molecular complexity index is 1000. The molecule has 140 valence electrons. The van der Waals surface area contributed by atoms with Gasteiger partial charge in [0.05, 0.1) is 15.5 Å². The van der Waals surface area contributed by atoms with Gasteiger partial charge in [0.25, 0.3) is 0 Å². The molecule has 0 saturated carbocycles. The Balaban J connectivity index is 1.92. The van der Waals surface area contributed by atoms with Crippen molar-refractivity contribution in [1.82, 2.24) is 4.31 Å². The fourth-order valence-electron chi connectivity index (χ4n) is 3.26. The number of sulfonamides is 1. The molecule has 26 heavy (non-hydrogen) atoms. The van der Waals surface area contributed by atoms with Crippen LogP contribution in [0.5, 0.6) is 0 Å². The van der Waals surface area contributed by atoms with Gasteiger partial charge in [-0.3, -0.25) is 0 Å². The third-order valence-corrected chi connectivity index (χ3v) is 8.96. The van der Waals surface area contributed by atoms with E-state index in [2.05, 4.69) is 0 Å². The number of hydrogen-bond acceptors (Lipinski definition) is 4. The van der Waals surface area contributed by atoms with E-state index >= 15 is 0 Å². The lowest BCUT2D eigenvalue weighted by atomic mass is 10.2. The van der Waals surface area contributed by atoms with Gasteiger partial charge in [0.1, 0.15) is 0 Å². The summed E-state index contributed by atoms with van der Waals surface area (Å²) in [5, 5.41) is 0.374. The van der Waals surface area contributed by atoms with Gasteiger partial charge in [-0.1, -0.05) is 35.9 Å². The lowest BCUT2D eigenvalue weighted by Crippen LogP contribution is -2.39. The van der Waals surface area contributed by atoms with Gasteiger partial charge >= 0.3 is 0 Å². The molecule has 2 aromatic carbocycles. The molecule has 3 rings (SSSR count). The molecule has 0 amide bonds. The SMILES string of the molecule is Cc1c(Cl)cccc1S(=O)(=O)N1CCCC1CS(=O)(=O)c1ccccc1. The topological polar surface area (TPSA) is 71.5 Å². The van der Waals surface area contributed by atoms with Crippen LogP contribution in [0.3, 0.4) is 0 Å². The van der Waals surface area contributed by atoms with Crippen molar-refractivity contribution in [2.75, 3.05) is 12.3 Å². The van der Waals surface area contributed by atoms with Crippen molar-refractivity contribution in [2.24, 2.45) is 0 Å². The minimum atomic E-state index is -3.81. The molecule has 1 atom stereocenters. The first-order valence-corrected chi connectivity index (χ1v) is 11.8. The molecule has 0 aromatic heterocycles. The maximum atomic E-state index is 13.1. The lowest BCUT2D eigenvalue weighted by Gasteiger charge is -2.25. The van der Waals surface area contributed by atoms with Gasteiger partial charge in [-0.05, 0) is 49.6 Å². The molecule has 0 N–H and O–H groups in total. The summed E-state index contributed by atoms with van der Waals surface area (Å²) in [4.78, 5) is 0.345. The van der Waals surface area contributed by atoms with E-state index in [0.29, 0.717) is 30.0 Å². The first kappa shape index (κ1) is 19.4. The van der Waals surface area contributed by atoms with E-state index in [4.69, 9.17) is 11.6 Å². The quantitative estimate of drug-likeness (QED) is 0.754. The summed E-state index contributed by atoms with van der Waals surface area (Å²) < 4.78 is 52.9. The molecule has 8 heteroatoms. The number of benzene rings is 2. The molecule has 1 fully saturated rings. The average molecular weight is 414 g/mol. The second-order valence-corrected chi connectivity index (χ2v) is 10.7. The van der Waals surface area contributed by atoms with Crippen molar-refractivity contribution >= 4 is 31.5 Å². The summed E-state index contributed by atoms with van der Waals surface area (Å²) in [6, 6.07) is 12.3. The Morgan fingerprint density at radius 3 is 2.42 bits per heavy atom. The van der Waals surface area contributed by atoms with Gasteiger partial charge in [0.15, 0.2) is 9.84 Å². The molecular weight excluding hydrogens is 394 g/mol. The number of sulfone groups is 1. The molecule has 1 saturated heterocycles. The molecule has 1 aliphatic heterocycles. The van der Waals surface area contributed by atoms with Crippen LogP contribution >= 0.6 is 11.6 Å². The zero-order chi connectivity index (χ0) is 18.9. The van der Waals surface area contributed by atoms with Crippen molar-refractivity contribution in [1.29, 1.82) is 0 Å². The van der Waals surface area contributed by atoms with E-state index in [9.17, 15) is 16.8 Å². The molecule has 1 aliphatic rings. The molecular formula is C18H20ClNO4S2. The Morgan fingerprint density at radius 2 is 1.73 bits per heavy atom. The molecule has 0 aliphatic carbocycles.